The molecule has 0 aliphatic heterocycles. The van der Waals surface area contributed by atoms with Crippen LogP contribution in [0.1, 0.15) is 32.6 Å². The monoisotopic (exact) mass is 227 g/mol. The van der Waals surface area contributed by atoms with Crippen LogP contribution in [0.2, 0.25) is 0 Å². The molecule has 0 aromatic carbocycles. The van der Waals surface area contributed by atoms with Crippen LogP contribution in [-0.4, -0.2) is 37.5 Å². The number of amides is 2. The fraction of sp³-hybridized carbons (Fsp3) is 0.818. The summed E-state index contributed by atoms with van der Waals surface area (Å²) in [4.78, 5) is 22.4. The van der Waals surface area contributed by atoms with E-state index < -0.39 is 0 Å². The van der Waals surface area contributed by atoms with Crippen molar-refractivity contribution in [1.29, 1.82) is 0 Å². The predicted octanol–water partition coefficient (Wildman–Crippen LogP) is -0.229. The van der Waals surface area contributed by atoms with Gasteiger partial charge in [-0.05, 0) is 25.8 Å². The highest BCUT2D eigenvalue weighted by atomic mass is 16.2. The molecule has 92 valence electrons. The van der Waals surface area contributed by atoms with Gasteiger partial charge in [0, 0.05) is 19.0 Å². The topological polar surface area (TPSA) is 70.2 Å². The molecule has 5 nitrogen and oxygen atoms in total. The molecule has 0 saturated heterocycles. The van der Waals surface area contributed by atoms with Crippen molar-refractivity contribution < 1.29 is 9.59 Å². The van der Waals surface area contributed by atoms with Crippen molar-refractivity contribution in [2.24, 2.45) is 0 Å². The molecule has 16 heavy (non-hydrogen) atoms. The Hall–Kier alpha value is -1.10. The SMILES string of the molecule is CCNCC(=O)NCCCC(=O)NC1CC1. The number of likely N-dealkylation sites (N-methyl/N-ethyl adjacent to an activating group) is 1. The van der Waals surface area contributed by atoms with Crippen LogP contribution in [0.4, 0.5) is 0 Å². The maximum atomic E-state index is 11.3. The Balaban J connectivity index is 1.89. The second-order valence-corrected chi connectivity index (χ2v) is 4.08. The van der Waals surface area contributed by atoms with Gasteiger partial charge in [-0.3, -0.25) is 9.59 Å². The first-order valence-corrected chi connectivity index (χ1v) is 5.99. The maximum absolute atomic E-state index is 11.3. The Bertz CT molecular complexity index is 239. The van der Waals surface area contributed by atoms with Crippen molar-refractivity contribution in [3.63, 3.8) is 0 Å². The average Bonchev–Trinajstić information content (AvgIpc) is 3.05. The lowest BCUT2D eigenvalue weighted by Gasteiger charge is -2.05. The van der Waals surface area contributed by atoms with Gasteiger partial charge < -0.3 is 16.0 Å². The number of carbonyl (C=O) groups excluding carboxylic acids is 2. The smallest absolute Gasteiger partial charge is 0.233 e. The first-order chi connectivity index (χ1) is 7.72. The van der Waals surface area contributed by atoms with Gasteiger partial charge in [0.25, 0.3) is 0 Å². The second-order valence-electron chi connectivity index (χ2n) is 4.08. The third kappa shape index (κ3) is 6.40. The minimum absolute atomic E-state index is 0.00977. The quantitative estimate of drug-likeness (QED) is 0.502. The van der Waals surface area contributed by atoms with Crippen molar-refractivity contribution in [2.75, 3.05) is 19.6 Å². The molecule has 0 atom stereocenters. The van der Waals surface area contributed by atoms with E-state index in [4.69, 9.17) is 0 Å². The van der Waals surface area contributed by atoms with Crippen LogP contribution in [0.5, 0.6) is 0 Å². The van der Waals surface area contributed by atoms with Gasteiger partial charge in [0.15, 0.2) is 0 Å². The van der Waals surface area contributed by atoms with E-state index in [1.54, 1.807) is 0 Å². The molecule has 3 N–H and O–H groups in total. The van der Waals surface area contributed by atoms with Crippen molar-refractivity contribution in [3.05, 3.63) is 0 Å². The summed E-state index contributed by atoms with van der Waals surface area (Å²) in [6, 6.07) is 0.427. The van der Waals surface area contributed by atoms with Crippen LogP contribution in [0.25, 0.3) is 0 Å². The van der Waals surface area contributed by atoms with Crippen LogP contribution in [0, 0.1) is 0 Å². The zero-order valence-corrected chi connectivity index (χ0v) is 9.84. The molecule has 2 amide bonds. The number of nitrogens with one attached hydrogen (secondary N) is 3. The molecule has 0 unspecified atom stereocenters. The van der Waals surface area contributed by atoms with Crippen molar-refractivity contribution >= 4 is 11.8 Å². The molecular weight excluding hydrogens is 206 g/mol. The first kappa shape index (κ1) is 13.0. The number of carbonyl (C=O) groups is 2. The summed E-state index contributed by atoms with van der Waals surface area (Å²) < 4.78 is 0. The Morgan fingerprint density at radius 1 is 1.25 bits per heavy atom. The van der Waals surface area contributed by atoms with Crippen LogP contribution in [-0.2, 0) is 9.59 Å². The molecule has 1 fully saturated rings. The Kier molecular flexibility index (Phi) is 5.85. The zero-order chi connectivity index (χ0) is 11.8. The lowest BCUT2D eigenvalue weighted by atomic mass is 10.3. The van der Waals surface area contributed by atoms with E-state index >= 15 is 0 Å². The largest absolute Gasteiger partial charge is 0.355 e. The number of hydrogen-bond donors (Lipinski definition) is 3. The maximum Gasteiger partial charge on any atom is 0.233 e. The Morgan fingerprint density at radius 3 is 2.62 bits per heavy atom. The highest BCUT2D eigenvalue weighted by molar-refractivity contribution is 5.78. The second kappa shape index (κ2) is 7.22. The minimum atomic E-state index is -0.00977. The van der Waals surface area contributed by atoms with E-state index in [9.17, 15) is 9.59 Å². The summed E-state index contributed by atoms with van der Waals surface area (Å²) in [6.07, 6.45) is 3.44. The molecule has 0 heterocycles. The normalized spacial score (nSPS) is 14.6. The summed E-state index contributed by atoms with van der Waals surface area (Å²) in [5.41, 5.74) is 0. The van der Waals surface area contributed by atoms with Gasteiger partial charge in [0.05, 0.1) is 6.54 Å². The van der Waals surface area contributed by atoms with Crippen molar-refractivity contribution in [2.45, 2.75) is 38.6 Å². The third-order valence-electron chi connectivity index (χ3n) is 2.38. The highest BCUT2D eigenvalue weighted by Crippen LogP contribution is 2.18. The fourth-order valence-electron chi connectivity index (χ4n) is 1.31. The molecule has 0 aromatic rings. The molecule has 0 spiro atoms. The highest BCUT2D eigenvalue weighted by Gasteiger charge is 2.22. The van der Waals surface area contributed by atoms with Gasteiger partial charge in [-0.25, -0.2) is 0 Å². The standard InChI is InChI=1S/C11H21N3O2/c1-2-12-8-11(16)13-7-3-4-10(15)14-9-5-6-9/h9,12H,2-8H2,1H3,(H,13,16)(H,14,15). The first-order valence-electron chi connectivity index (χ1n) is 5.99. The van der Waals surface area contributed by atoms with Crippen molar-refractivity contribution in [3.8, 4) is 0 Å². The molecule has 0 radical (unpaired) electrons. The summed E-state index contributed by atoms with van der Waals surface area (Å²) in [6.45, 7) is 3.67. The van der Waals surface area contributed by atoms with E-state index in [1.165, 1.54) is 0 Å². The van der Waals surface area contributed by atoms with E-state index in [-0.39, 0.29) is 11.8 Å². The van der Waals surface area contributed by atoms with Crippen LogP contribution in [0.3, 0.4) is 0 Å². The molecule has 1 rings (SSSR count). The predicted molar refractivity (Wildman–Crippen MR) is 62.0 cm³/mol. The van der Waals surface area contributed by atoms with E-state index in [1.807, 2.05) is 6.92 Å². The lowest BCUT2D eigenvalue weighted by molar-refractivity contribution is -0.122. The van der Waals surface area contributed by atoms with Crippen molar-refractivity contribution in [1.82, 2.24) is 16.0 Å². The van der Waals surface area contributed by atoms with Gasteiger partial charge >= 0.3 is 0 Å². The summed E-state index contributed by atoms with van der Waals surface area (Å²) in [7, 11) is 0. The van der Waals surface area contributed by atoms with Gasteiger partial charge in [-0.15, -0.1) is 0 Å². The molecule has 1 aliphatic carbocycles. The van der Waals surface area contributed by atoms with Gasteiger partial charge in [0.2, 0.25) is 11.8 Å². The molecular formula is C11H21N3O2. The van der Waals surface area contributed by atoms with E-state index in [2.05, 4.69) is 16.0 Å². The van der Waals surface area contributed by atoms with Gasteiger partial charge in [-0.2, -0.15) is 0 Å². The zero-order valence-electron chi connectivity index (χ0n) is 9.84. The summed E-state index contributed by atoms with van der Waals surface area (Å²) >= 11 is 0. The van der Waals surface area contributed by atoms with Crippen LogP contribution < -0.4 is 16.0 Å². The lowest BCUT2D eigenvalue weighted by Crippen LogP contribution is -2.34. The Morgan fingerprint density at radius 2 is 2.00 bits per heavy atom. The van der Waals surface area contributed by atoms with E-state index in [0.717, 1.165) is 19.4 Å². The number of hydrogen-bond acceptors (Lipinski definition) is 3. The van der Waals surface area contributed by atoms with Gasteiger partial charge in [-0.1, -0.05) is 6.92 Å². The van der Waals surface area contributed by atoms with Crippen LogP contribution >= 0.6 is 0 Å². The summed E-state index contributed by atoms with van der Waals surface area (Å²) in [5, 5.41) is 8.61. The number of rotatable bonds is 8. The molecule has 0 aromatic heterocycles. The molecule has 1 aliphatic rings. The van der Waals surface area contributed by atoms with E-state index in [0.29, 0.717) is 32.0 Å². The van der Waals surface area contributed by atoms with Crippen LogP contribution in [0.15, 0.2) is 0 Å². The fourth-order valence-corrected chi connectivity index (χ4v) is 1.31. The van der Waals surface area contributed by atoms with Gasteiger partial charge in [0.1, 0.15) is 0 Å². The molecule has 5 heteroatoms. The molecule has 1 saturated carbocycles. The minimum Gasteiger partial charge on any atom is -0.355 e. The Labute approximate surface area is 96.4 Å². The third-order valence-corrected chi connectivity index (χ3v) is 2.38. The summed E-state index contributed by atoms with van der Waals surface area (Å²) in [5.74, 6) is 0.0906. The molecule has 0 bridgehead atoms. The average molecular weight is 227 g/mol.